The third-order valence-corrected chi connectivity index (χ3v) is 5.78. The van der Waals surface area contributed by atoms with Crippen LogP contribution in [-0.4, -0.2) is 23.7 Å². The van der Waals surface area contributed by atoms with E-state index in [-0.39, 0.29) is 21.3 Å². The molecule has 3 aromatic rings. The summed E-state index contributed by atoms with van der Waals surface area (Å²) in [6, 6.07) is 8.52. The van der Waals surface area contributed by atoms with Crippen LogP contribution in [0.4, 0.5) is 13.2 Å². The molecule has 0 saturated carbocycles. The van der Waals surface area contributed by atoms with Crippen molar-refractivity contribution in [3.8, 4) is 0 Å². The molecule has 0 radical (unpaired) electrons. The molecule has 1 aliphatic rings. The van der Waals surface area contributed by atoms with Gasteiger partial charge in [-0.15, -0.1) is 0 Å². The number of benzene rings is 1. The predicted molar refractivity (Wildman–Crippen MR) is 115 cm³/mol. The quantitative estimate of drug-likeness (QED) is 0.464. The maximum absolute atomic E-state index is 14.3. The average Bonchev–Trinajstić information content (AvgIpc) is 3.29. The van der Waals surface area contributed by atoms with E-state index in [1.807, 2.05) is 6.07 Å². The Kier molecular flexibility index (Phi) is 5.43. The summed E-state index contributed by atoms with van der Waals surface area (Å²) >= 11 is 11.9. The number of nitrogens with zero attached hydrogens (tertiary/aromatic N) is 1. The van der Waals surface area contributed by atoms with Crippen molar-refractivity contribution in [3.63, 3.8) is 0 Å². The van der Waals surface area contributed by atoms with Gasteiger partial charge < -0.3 is 9.14 Å². The number of hydroxylamine groups is 1. The first-order valence-electron chi connectivity index (χ1n) is 9.39. The number of rotatable bonds is 3. The summed E-state index contributed by atoms with van der Waals surface area (Å²) < 4.78 is 49.4. The molecule has 0 aliphatic carbocycles. The summed E-state index contributed by atoms with van der Waals surface area (Å²) in [5.41, 5.74) is 2.09. The normalized spacial score (nSPS) is 18.6. The number of methoxy groups -OCH3 is 1. The Labute approximate surface area is 191 Å². The van der Waals surface area contributed by atoms with E-state index in [0.29, 0.717) is 16.8 Å². The summed E-state index contributed by atoms with van der Waals surface area (Å²) in [4.78, 5) is 17.4. The molecule has 0 spiro atoms. The minimum Gasteiger partial charge on any atom is -0.465 e. The first-order valence-corrected chi connectivity index (χ1v) is 10.1. The third-order valence-electron chi connectivity index (χ3n) is 5.34. The van der Waals surface area contributed by atoms with Gasteiger partial charge in [0.15, 0.2) is 0 Å². The molecule has 1 aliphatic heterocycles. The Morgan fingerprint density at radius 2 is 1.78 bits per heavy atom. The summed E-state index contributed by atoms with van der Waals surface area (Å²) in [5.74, 6) is -0.550. The number of nitrogens with one attached hydrogen (secondary N) is 1. The van der Waals surface area contributed by atoms with Gasteiger partial charge in [-0.05, 0) is 61.9 Å². The van der Waals surface area contributed by atoms with Gasteiger partial charge >= 0.3 is 12.1 Å². The maximum Gasteiger partial charge on any atom is 0.428 e. The molecule has 0 saturated heterocycles. The third kappa shape index (κ3) is 3.43. The predicted octanol–water partition coefficient (Wildman–Crippen LogP) is 5.98. The Morgan fingerprint density at radius 1 is 1.12 bits per heavy atom. The van der Waals surface area contributed by atoms with Crippen LogP contribution in [0.3, 0.4) is 0 Å². The van der Waals surface area contributed by atoms with Gasteiger partial charge in [-0.3, -0.25) is 10.3 Å². The molecule has 2 aromatic heterocycles. The van der Waals surface area contributed by atoms with Gasteiger partial charge in [-0.2, -0.15) is 13.2 Å². The highest BCUT2D eigenvalue weighted by Crippen LogP contribution is 2.48. The minimum absolute atomic E-state index is 0.0447. The zero-order chi connectivity index (χ0) is 23.4. The number of carbonyl (C=O) groups excluding carboxylic acids is 1. The summed E-state index contributed by atoms with van der Waals surface area (Å²) in [5, 5.41) is 0.0894. The lowest BCUT2D eigenvalue weighted by atomic mass is 9.92. The van der Waals surface area contributed by atoms with Crippen LogP contribution in [-0.2, 0) is 15.2 Å². The van der Waals surface area contributed by atoms with Crippen molar-refractivity contribution in [2.75, 3.05) is 7.11 Å². The monoisotopic (exact) mass is 484 g/mol. The number of alkyl halides is 3. The highest BCUT2D eigenvalue weighted by molar-refractivity contribution is 6.34. The summed E-state index contributed by atoms with van der Waals surface area (Å²) in [6.07, 6.45) is -3.89. The van der Waals surface area contributed by atoms with Gasteiger partial charge in [-0.1, -0.05) is 23.2 Å². The Balaban J connectivity index is 1.96. The number of hydrogen-bond donors (Lipinski definition) is 1. The first-order chi connectivity index (χ1) is 15.0. The summed E-state index contributed by atoms with van der Waals surface area (Å²) in [6.45, 7) is 3.59. The Morgan fingerprint density at radius 3 is 2.38 bits per heavy atom. The number of aryl methyl sites for hydroxylation is 2. The fraction of sp³-hybridized carbons (Fsp3) is 0.227. The number of hydrogen-bond acceptors (Lipinski definition) is 4. The van der Waals surface area contributed by atoms with Crippen molar-refractivity contribution in [2.45, 2.75) is 25.6 Å². The number of pyridine rings is 1. The molecule has 0 amide bonds. The number of fused-ring (bicyclic) bond motifs is 1. The van der Waals surface area contributed by atoms with E-state index in [1.165, 1.54) is 25.3 Å². The summed E-state index contributed by atoms with van der Waals surface area (Å²) in [7, 11) is 1.26. The molecular formula is C22H17Cl2F3N2O3. The molecule has 4 rings (SSSR count). The van der Waals surface area contributed by atoms with Crippen LogP contribution in [0.25, 0.3) is 11.2 Å². The van der Waals surface area contributed by atoms with E-state index >= 15 is 0 Å². The van der Waals surface area contributed by atoms with Crippen LogP contribution < -0.4 is 5.48 Å². The smallest absolute Gasteiger partial charge is 0.428 e. The Hall–Kier alpha value is -2.68. The van der Waals surface area contributed by atoms with Gasteiger partial charge in [0.05, 0.1) is 29.6 Å². The van der Waals surface area contributed by atoms with E-state index in [9.17, 15) is 18.0 Å². The van der Waals surface area contributed by atoms with Crippen LogP contribution in [0.5, 0.6) is 0 Å². The lowest BCUT2D eigenvalue weighted by Gasteiger charge is -2.28. The van der Waals surface area contributed by atoms with E-state index in [0.717, 1.165) is 29.5 Å². The second kappa shape index (κ2) is 7.72. The lowest BCUT2D eigenvalue weighted by Crippen LogP contribution is -2.42. The largest absolute Gasteiger partial charge is 0.465 e. The van der Waals surface area contributed by atoms with Crippen molar-refractivity contribution in [3.05, 3.63) is 80.6 Å². The highest BCUT2D eigenvalue weighted by atomic mass is 35.5. The molecule has 168 valence electrons. The van der Waals surface area contributed by atoms with Crippen molar-refractivity contribution in [1.82, 2.24) is 9.88 Å². The molecule has 0 fully saturated rings. The molecule has 1 aromatic carbocycles. The number of halogens is 5. The lowest BCUT2D eigenvalue weighted by molar-refractivity contribution is -0.269. The Bertz CT molecular complexity index is 1260. The average molecular weight is 485 g/mol. The van der Waals surface area contributed by atoms with Crippen molar-refractivity contribution in [2.24, 2.45) is 0 Å². The molecule has 10 heteroatoms. The van der Waals surface area contributed by atoms with E-state index in [4.69, 9.17) is 32.8 Å². The fourth-order valence-corrected chi connectivity index (χ4v) is 4.51. The molecule has 0 bridgehead atoms. The molecule has 32 heavy (non-hydrogen) atoms. The molecule has 1 unspecified atom stereocenters. The van der Waals surface area contributed by atoms with Gasteiger partial charge in [0.1, 0.15) is 0 Å². The van der Waals surface area contributed by atoms with Crippen LogP contribution in [0.15, 0.2) is 42.5 Å². The van der Waals surface area contributed by atoms with Gasteiger partial charge in [-0.25, -0.2) is 4.79 Å². The topological polar surface area (TPSA) is 52.0 Å². The van der Waals surface area contributed by atoms with Gasteiger partial charge in [0.25, 0.3) is 0 Å². The van der Waals surface area contributed by atoms with Crippen molar-refractivity contribution >= 4 is 40.4 Å². The maximum atomic E-state index is 14.3. The van der Waals surface area contributed by atoms with E-state index in [1.54, 1.807) is 18.2 Å². The molecular weight excluding hydrogens is 468 g/mol. The fourth-order valence-electron chi connectivity index (χ4n) is 3.98. The van der Waals surface area contributed by atoms with Crippen molar-refractivity contribution < 1.29 is 27.5 Å². The van der Waals surface area contributed by atoms with Gasteiger partial charge in [0.2, 0.25) is 5.60 Å². The molecule has 3 heterocycles. The first kappa shape index (κ1) is 22.5. The molecule has 5 nitrogen and oxygen atoms in total. The minimum atomic E-state index is -4.83. The van der Waals surface area contributed by atoms with Gasteiger partial charge in [0, 0.05) is 21.3 Å². The van der Waals surface area contributed by atoms with E-state index in [2.05, 4.69) is 5.48 Å². The van der Waals surface area contributed by atoms with Crippen LogP contribution in [0.2, 0.25) is 10.0 Å². The number of esters is 1. The van der Waals surface area contributed by atoms with E-state index < -0.39 is 17.7 Å². The zero-order valence-corrected chi connectivity index (χ0v) is 18.6. The van der Waals surface area contributed by atoms with Crippen LogP contribution in [0, 0.1) is 13.8 Å². The van der Waals surface area contributed by atoms with Crippen LogP contribution >= 0.6 is 23.2 Å². The number of aromatic nitrogens is 1. The SMILES string of the molecule is COC(=O)c1ccc(C2=CC(c3cc(Cl)cc(Cl)c3)(C(F)(F)F)ON2)n2c(C)cc(C)c12. The number of ether oxygens (including phenoxy) is 1. The number of carbonyl (C=O) groups is 1. The second-order valence-electron chi connectivity index (χ2n) is 7.43. The van der Waals surface area contributed by atoms with Crippen LogP contribution in [0.1, 0.15) is 32.9 Å². The molecule has 1 N–H and O–H groups in total. The highest BCUT2D eigenvalue weighted by Gasteiger charge is 2.60. The standard InChI is InChI=1S/C22H17Cl2F3N2O3/c1-11-6-12(2)29-18(5-4-16(19(11)29)20(30)31-3)17-10-21(32-28-17,22(25,26)27)13-7-14(23)9-15(24)8-13/h4-10,28H,1-3H3. The second-order valence-corrected chi connectivity index (χ2v) is 8.30. The zero-order valence-electron chi connectivity index (χ0n) is 17.1. The molecule has 1 atom stereocenters. The van der Waals surface area contributed by atoms with Crippen molar-refractivity contribution in [1.29, 1.82) is 0 Å².